The van der Waals surface area contributed by atoms with Crippen LogP contribution < -0.4 is 19.5 Å². The molecule has 1 saturated heterocycles. The first-order valence-electron chi connectivity index (χ1n) is 11.9. The fourth-order valence-electron chi connectivity index (χ4n) is 7.03. The zero-order chi connectivity index (χ0) is 22.5. The number of aliphatic hydroxyl groups is 1. The van der Waals surface area contributed by atoms with Crippen molar-refractivity contribution in [2.75, 3.05) is 33.5 Å². The Kier molecular flexibility index (Phi) is 5.53. The van der Waals surface area contributed by atoms with Gasteiger partial charge in [0.2, 0.25) is 5.91 Å². The van der Waals surface area contributed by atoms with Crippen molar-refractivity contribution in [1.29, 1.82) is 0 Å². The van der Waals surface area contributed by atoms with Crippen LogP contribution in [0, 0.1) is 22.7 Å². The first-order chi connectivity index (χ1) is 15.4. The summed E-state index contributed by atoms with van der Waals surface area (Å²) in [6, 6.07) is 4.04. The molecule has 2 aliphatic heterocycles. The summed E-state index contributed by atoms with van der Waals surface area (Å²) in [7, 11) is 1.68. The highest BCUT2D eigenvalue weighted by atomic mass is 16.5. The third-order valence-electron chi connectivity index (χ3n) is 8.56. The molecule has 0 aromatic heterocycles. The van der Waals surface area contributed by atoms with Crippen LogP contribution in [0.15, 0.2) is 12.1 Å². The summed E-state index contributed by atoms with van der Waals surface area (Å²) < 4.78 is 24.0. The molecular formula is C25H35NO6. The van der Waals surface area contributed by atoms with Crippen molar-refractivity contribution in [3.05, 3.63) is 17.7 Å². The van der Waals surface area contributed by atoms with E-state index in [2.05, 4.69) is 19.2 Å². The van der Waals surface area contributed by atoms with Crippen LogP contribution in [0.25, 0.3) is 0 Å². The Balaban J connectivity index is 1.51. The largest absolute Gasteiger partial charge is 0.496 e. The van der Waals surface area contributed by atoms with Crippen molar-refractivity contribution in [2.24, 2.45) is 22.7 Å². The van der Waals surface area contributed by atoms with Crippen LogP contribution in [0.4, 0.5) is 0 Å². The van der Waals surface area contributed by atoms with Crippen LogP contribution in [0.3, 0.4) is 0 Å². The maximum atomic E-state index is 12.5. The van der Waals surface area contributed by atoms with E-state index < -0.39 is 0 Å². The molecule has 32 heavy (non-hydrogen) atoms. The number of nitrogens with one attached hydrogen (secondary N) is 1. The van der Waals surface area contributed by atoms with Gasteiger partial charge in [0, 0.05) is 37.1 Å². The fourth-order valence-corrected chi connectivity index (χ4v) is 7.03. The van der Waals surface area contributed by atoms with Gasteiger partial charge in [0.1, 0.15) is 5.75 Å². The topological polar surface area (TPSA) is 86.3 Å². The first-order valence-corrected chi connectivity index (χ1v) is 11.9. The maximum Gasteiger partial charge on any atom is 0.222 e. The number of benzene rings is 1. The van der Waals surface area contributed by atoms with E-state index in [1.165, 1.54) is 0 Å². The van der Waals surface area contributed by atoms with Gasteiger partial charge >= 0.3 is 0 Å². The molecule has 2 saturated carbocycles. The molecule has 1 aromatic rings. The van der Waals surface area contributed by atoms with E-state index in [0.29, 0.717) is 25.7 Å². The lowest BCUT2D eigenvalue weighted by Gasteiger charge is -2.53. The fraction of sp³-hybridized carbons (Fsp3) is 0.720. The number of hydrogen-bond donors (Lipinski definition) is 2. The molecule has 1 aromatic carbocycles. The molecule has 4 aliphatic rings. The van der Waals surface area contributed by atoms with Gasteiger partial charge in [-0.2, -0.15) is 0 Å². The molecule has 0 radical (unpaired) electrons. The predicted octanol–water partition coefficient (Wildman–Crippen LogP) is 3.24. The molecule has 3 fully saturated rings. The normalized spacial score (nSPS) is 34.5. The monoisotopic (exact) mass is 445 g/mol. The van der Waals surface area contributed by atoms with Crippen molar-refractivity contribution >= 4 is 5.91 Å². The second kappa shape index (κ2) is 8.10. The van der Waals surface area contributed by atoms with Crippen LogP contribution in [-0.4, -0.2) is 50.6 Å². The van der Waals surface area contributed by atoms with Crippen LogP contribution >= 0.6 is 0 Å². The van der Waals surface area contributed by atoms with Gasteiger partial charge < -0.3 is 29.4 Å². The van der Waals surface area contributed by atoms with E-state index in [9.17, 15) is 9.90 Å². The smallest absolute Gasteiger partial charge is 0.222 e. The lowest BCUT2D eigenvalue weighted by Crippen LogP contribution is -2.59. The quantitative estimate of drug-likeness (QED) is 0.724. The Bertz CT molecular complexity index is 885. The molecule has 1 unspecified atom stereocenters. The highest BCUT2D eigenvalue weighted by molar-refractivity contribution is 5.76. The summed E-state index contributed by atoms with van der Waals surface area (Å²) in [6.07, 6.45) is 3.99. The minimum Gasteiger partial charge on any atom is -0.496 e. The molecule has 5 atom stereocenters. The number of methoxy groups -OCH3 is 1. The average Bonchev–Trinajstić information content (AvgIpc) is 3.14. The Morgan fingerprint density at radius 1 is 1.22 bits per heavy atom. The summed E-state index contributed by atoms with van der Waals surface area (Å²) >= 11 is 0. The Morgan fingerprint density at radius 2 is 1.97 bits per heavy atom. The zero-order valence-corrected chi connectivity index (χ0v) is 19.3. The molecule has 1 amide bonds. The highest BCUT2D eigenvalue weighted by Crippen LogP contribution is 2.71. The summed E-state index contributed by atoms with van der Waals surface area (Å²) in [6.45, 7) is 6.35. The lowest BCUT2D eigenvalue weighted by molar-refractivity contribution is -0.138. The van der Waals surface area contributed by atoms with Gasteiger partial charge in [-0.05, 0) is 48.0 Å². The molecule has 2 heterocycles. The SMILES string of the molecule is COc1cc2c(cc1[C@H]1OCCC34C[C@@H](C[C@H]13)C(C)(C)[C@H]4NC(=O)CCO)OCCCO2. The van der Waals surface area contributed by atoms with Crippen molar-refractivity contribution in [1.82, 2.24) is 5.32 Å². The average molecular weight is 446 g/mol. The standard InChI is InChI=1S/C25H35NO6/c1-24(2)15-11-17-22(16-12-19-20(13-18(16)29-3)31-9-4-8-30-19)32-10-6-25(17,14-15)23(24)26-21(28)5-7-27/h12-13,15,17,22-23,27H,4-11,14H2,1-3H3,(H,26,28)/t15-,17-,22-,23-,25?/m1/s1. The maximum absolute atomic E-state index is 12.5. The summed E-state index contributed by atoms with van der Waals surface area (Å²) in [5.74, 6) is 2.96. The van der Waals surface area contributed by atoms with Crippen molar-refractivity contribution in [3.8, 4) is 17.2 Å². The van der Waals surface area contributed by atoms with Crippen molar-refractivity contribution in [3.63, 3.8) is 0 Å². The van der Waals surface area contributed by atoms with Gasteiger partial charge in [-0.3, -0.25) is 4.79 Å². The molecular weight excluding hydrogens is 410 g/mol. The van der Waals surface area contributed by atoms with E-state index in [1.54, 1.807) is 7.11 Å². The van der Waals surface area contributed by atoms with Gasteiger partial charge in [-0.1, -0.05) is 13.8 Å². The third kappa shape index (κ3) is 3.27. The Hall–Kier alpha value is -1.99. The summed E-state index contributed by atoms with van der Waals surface area (Å²) in [4.78, 5) is 12.5. The molecule has 5 rings (SSSR count). The summed E-state index contributed by atoms with van der Waals surface area (Å²) in [5.41, 5.74) is 1.00. The van der Waals surface area contributed by atoms with Crippen LogP contribution in [0.1, 0.15) is 57.6 Å². The minimum atomic E-state index is -0.126. The molecule has 7 heteroatoms. The van der Waals surface area contributed by atoms with E-state index in [4.69, 9.17) is 18.9 Å². The van der Waals surface area contributed by atoms with E-state index in [-0.39, 0.29) is 47.8 Å². The minimum absolute atomic E-state index is 0.0122. The number of hydrogen-bond acceptors (Lipinski definition) is 6. The molecule has 2 bridgehead atoms. The number of rotatable bonds is 5. The van der Waals surface area contributed by atoms with Gasteiger partial charge in [0.25, 0.3) is 0 Å². The molecule has 2 aliphatic carbocycles. The van der Waals surface area contributed by atoms with Crippen molar-refractivity contribution < 1.29 is 28.8 Å². The molecule has 1 spiro atoms. The second-order valence-corrected chi connectivity index (χ2v) is 10.4. The second-order valence-electron chi connectivity index (χ2n) is 10.4. The zero-order valence-electron chi connectivity index (χ0n) is 19.3. The van der Waals surface area contributed by atoms with E-state index >= 15 is 0 Å². The van der Waals surface area contributed by atoms with Crippen LogP contribution in [-0.2, 0) is 9.53 Å². The van der Waals surface area contributed by atoms with Gasteiger partial charge in [0.15, 0.2) is 11.5 Å². The molecule has 176 valence electrons. The van der Waals surface area contributed by atoms with E-state index in [1.807, 2.05) is 12.1 Å². The third-order valence-corrected chi connectivity index (χ3v) is 8.56. The number of carbonyl (C=O) groups excluding carboxylic acids is 1. The van der Waals surface area contributed by atoms with Crippen LogP contribution in [0.5, 0.6) is 17.2 Å². The predicted molar refractivity (Wildman–Crippen MR) is 118 cm³/mol. The number of aliphatic hydroxyl groups excluding tert-OH is 1. The number of fused-ring (bicyclic) bond motifs is 2. The summed E-state index contributed by atoms with van der Waals surface area (Å²) in [5, 5.41) is 12.6. The van der Waals surface area contributed by atoms with Crippen molar-refractivity contribution in [2.45, 2.75) is 58.1 Å². The van der Waals surface area contributed by atoms with Gasteiger partial charge in [-0.25, -0.2) is 0 Å². The lowest BCUT2D eigenvalue weighted by atomic mass is 9.58. The highest BCUT2D eigenvalue weighted by Gasteiger charge is 2.68. The van der Waals surface area contributed by atoms with Crippen LogP contribution in [0.2, 0.25) is 0 Å². The Labute approximate surface area is 189 Å². The molecule has 7 nitrogen and oxygen atoms in total. The molecule has 2 N–H and O–H groups in total. The number of carbonyl (C=O) groups is 1. The Morgan fingerprint density at radius 3 is 2.69 bits per heavy atom. The number of amides is 1. The van der Waals surface area contributed by atoms with E-state index in [0.717, 1.165) is 48.5 Å². The number of ether oxygens (including phenoxy) is 4. The first kappa shape index (κ1) is 21.8. The van der Waals surface area contributed by atoms with Gasteiger partial charge in [-0.15, -0.1) is 0 Å². The van der Waals surface area contributed by atoms with Gasteiger partial charge in [0.05, 0.1) is 33.0 Å².